The van der Waals surface area contributed by atoms with E-state index in [-0.39, 0.29) is 0 Å². The average molecular weight is 232 g/mol. The second-order valence-electron chi connectivity index (χ2n) is 5.07. The van der Waals surface area contributed by atoms with Gasteiger partial charge < -0.3 is 5.32 Å². The zero-order valence-corrected chi connectivity index (χ0v) is 11.1. The number of hydrogen-bond acceptors (Lipinski definition) is 2. The second kappa shape index (κ2) is 6.15. The minimum absolute atomic E-state index is 0.715. The summed E-state index contributed by atoms with van der Waals surface area (Å²) in [6.07, 6.45) is 8.32. The number of rotatable bonds is 5. The van der Waals surface area contributed by atoms with Crippen LogP contribution in [0.4, 0.5) is 0 Å². The summed E-state index contributed by atoms with van der Waals surface area (Å²) in [5, 5.41) is 3.61. The zero-order valence-electron chi connectivity index (χ0n) is 11.1. The van der Waals surface area contributed by atoms with Gasteiger partial charge in [0.2, 0.25) is 0 Å². The zero-order chi connectivity index (χ0) is 12.1. The van der Waals surface area contributed by atoms with Crippen LogP contribution in [-0.4, -0.2) is 17.6 Å². The highest BCUT2D eigenvalue weighted by Crippen LogP contribution is 2.28. The first-order valence-electron chi connectivity index (χ1n) is 7.00. The smallest absolute Gasteiger partial charge is 0.0407 e. The Morgan fingerprint density at radius 2 is 2.18 bits per heavy atom. The summed E-state index contributed by atoms with van der Waals surface area (Å²) < 4.78 is 0. The molecule has 0 saturated heterocycles. The van der Waals surface area contributed by atoms with Gasteiger partial charge in [-0.05, 0) is 49.8 Å². The maximum Gasteiger partial charge on any atom is 0.0407 e. The van der Waals surface area contributed by atoms with Crippen LogP contribution in [0.3, 0.4) is 0 Å². The lowest BCUT2D eigenvalue weighted by atomic mass is 9.97. The molecule has 1 aromatic rings. The van der Waals surface area contributed by atoms with Crippen molar-refractivity contribution in [2.45, 2.75) is 52.0 Å². The van der Waals surface area contributed by atoms with Crippen molar-refractivity contribution in [1.82, 2.24) is 10.3 Å². The molecule has 1 aliphatic carbocycles. The van der Waals surface area contributed by atoms with Gasteiger partial charge in [0.15, 0.2) is 0 Å². The molecular formula is C15H24N2. The molecule has 0 spiro atoms. The quantitative estimate of drug-likeness (QED) is 0.844. The summed E-state index contributed by atoms with van der Waals surface area (Å²) in [5.74, 6) is 0.787. The lowest BCUT2D eigenvalue weighted by Gasteiger charge is -2.20. The molecule has 0 aliphatic heterocycles. The number of nitrogens with one attached hydrogen (secondary N) is 1. The van der Waals surface area contributed by atoms with Gasteiger partial charge in [0.1, 0.15) is 0 Å². The maximum absolute atomic E-state index is 4.58. The fourth-order valence-electron chi connectivity index (χ4n) is 2.87. The van der Waals surface area contributed by atoms with E-state index in [0.717, 1.165) is 25.3 Å². The van der Waals surface area contributed by atoms with Crippen LogP contribution in [0.15, 0.2) is 18.3 Å². The normalized spacial score (nSPS) is 24.1. The van der Waals surface area contributed by atoms with Gasteiger partial charge in [-0.15, -0.1) is 0 Å². The largest absolute Gasteiger partial charge is 0.314 e. The van der Waals surface area contributed by atoms with Gasteiger partial charge >= 0.3 is 0 Å². The molecule has 2 rings (SSSR count). The molecule has 2 atom stereocenters. The van der Waals surface area contributed by atoms with E-state index in [2.05, 4.69) is 36.3 Å². The summed E-state index contributed by atoms with van der Waals surface area (Å²) >= 11 is 0. The van der Waals surface area contributed by atoms with Crippen LogP contribution in [0, 0.1) is 5.92 Å². The molecule has 0 bridgehead atoms. The highest BCUT2D eigenvalue weighted by Gasteiger charge is 2.26. The molecule has 94 valence electrons. The molecule has 1 aromatic heterocycles. The van der Waals surface area contributed by atoms with Gasteiger partial charge in [0, 0.05) is 17.9 Å². The number of aromatic nitrogens is 1. The summed E-state index contributed by atoms with van der Waals surface area (Å²) in [5.41, 5.74) is 2.60. The first-order valence-corrected chi connectivity index (χ1v) is 7.00. The maximum atomic E-state index is 4.58. The van der Waals surface area contributed by atoms with E-state index in [1.54, 1.807) is 0 Å². The first kappa shape index (κ1) is 12.6. The molecule has 0 amide bonds. The Morgan fingerprint density at radius 3 is 2.82 bits per heavy atom. The topological polar surface area (TPSA) is 24.9 Å². The van der Waals surface area contributed by atoms with Crippen molar-refractivity contribution in [3.8, 4) is 0 Å². The van der Waals surface area contributed by atoms with E-state index in [9.17, 15) is 0 Å². The average Bonchev–Trinajstić information content (AvgIpc) is 2.78. The van der Waals surface area contributed by atoms with E-state index in [1.807, 2.05) is 6.20 Å². The molecule has 0 radical (unpaired) electrons. The predicted molar refractivity (Wildman–Crippen MR) is 72.1 cm³/mol. The number of pyridine rings is 1. The summed E-state index contributed by atoms with van der Waals surface area (Å²) in [6, 6.07) is 5.15. The van der Waals surface area contributed by atoms with Gasteiger partial charge in [-0.3, -0.25) is 4.98 Å². The number of hydrogen-bond donors (Lipinski definition) is 1. The Hall–Kier alpha value is -0.890. The predicted octanol–water partition coefficient (Wildman–Crippen LogP) is 2.96. The number of nitrogens with zero attached hydrogens (tertiary/aromatic N) is 1. The van der Waals surface area contributed by atoms with Crippen LogP contribution >= 0.6 is 0 Å². The molecule has 1 heterocycles. The lowest BCUT2D eigenvalue weighted by molar-refractivity contribution is 0.403. The number of aryl methyl sites for hydroxylation is 1. The molecule has 1 fully saturated rings. The Kier molecular flexibility index (Phi) is 4.55. The molecule has 17 heavy (non-hydrogen) atoms. The minimum Gasteiger partial charge on any atom is -0.314 e. The molecule has 2 heteroatoms. The van der Waals surface area contributed by atoms with E-state index in [1.165, 1.54) is 30.5 Å². The second-order valence-corrected chi connectivity index (χ2v) is 5.07. The van der Waals surface area contributed by atoms with Crippen molar-refractivity contribution in [2.24, 2.45) is 5.92 Å². The monoisotopic (exact) mass is 232 g/mol. The Balaban J connectivity index is 1.94. The van der Waals surface area contributed by atoms with Crippen LogP contribution in [0.25, 0.3) is 0 Å². The van der Waals surface area contributed by atoms with Crippen LogP contribution < -0.4 is 5.32 Å². The van der Waals surface area contributed by atoms with Crippen molar-refractivity contribution >= 4 is 0 Å². The van der Waals surface area contributed by atoms with E-state index in [0.29, 0.717) is 6.04 Å². The Morgan fingerprint density at radius 1 is 1.29 bits per heavy atom. The van der Waals surface area contributed by atoms with Crippen LogP contribution in [0.1, 0.15) is 44.4 Å². The van der Waals surface area contributed by atoms with Crippen molar-refractivity contribution in [1.29, 1.82) is 0 Å². The summed E-state index contributed by atoms with van der Waals surface area (Å²) in [4.78, 5) is 4.58. The third-order valence-electron chi connectivity index (χ3n) is 3.89. The van der Waals surface area contributed by atoms with Crippen LogP contribution in [-0.2, 0) is 12.8 Å². The molecular weight excluding hydrogens is 208 g/mol. The standard InChI is InChI=1S/C15H24N2/c1-3-12-8-9-14(17-11-12)10-13-6-5-7-15(13)16-4-2/h8-9,11,13,15-16H,3-7,10H2,1-2H3. The summed E-state index contributed by atoms with van der Waals surface area (Å²) in [6.45, 7) is 5.46. The van der Waals surface area contributed by atoms with Gasteiger partial charge in [0.25, 0.3) is 0 Å². The minimum atomic E-state index is 0.715. The highest BCUT2D eigenvalue weighted by molar-refractivity contribution is 5.14. The van der Waals surface area contributed by atoms with Crippen molar-refractivity contribution in [3.05, 3.63) is 29.6 Å². The molecule has 1 saturated carbocycles. The lowest BCUT2D eigenvalue weighted by Crippen LogP contribution is -2.33. The van der Waals surface area contributed by atoms with Crippen LogP contribution in [0.5, 0.6) is 0 Å². The van der Waals surface area contributed by atoms with Gasteiger partial charge in [-0.2, -0.15) is 0 Å². The highest BCUT2D eigenvalue weighted by atomic mass is 14.9. The first-order chi connectivity index (χ1) is 8.33. The Bertz CT molecular complexity index is 331. The van der Waals surface area contributed by atoms with Crippen molar-refractivity contribution in [3.63, 3.8) is 0 Å². The van der Waals surface area contributed by atoms with Gasteiger partial charge in [-0.1, -0.05) is 26.3 Å². The summed E-state index contributed by atoms with van der Waals surface area (Å²) in [7, 11) is 0. The fourth-order valence-corrected chi connectivity index (χ4v) is 2.87. The molecule has 1 aliphatic rings. The third kappa shape index (κ3) is 3.29. The van der Waals surface area contributed by atoms with Crippen molar-refractivity contribution in [2.75, 3.05) is 6.54 Å². The Labute approximate surface area is 105 Å². The fraction of sp³-hybridized carbons (Fsp3) is 0.667. The van der Waals surface area contributed by atoms with Crippen LogP contribution in [0.2, 0.25) is 0 Å². The molecule has 0 aromatic carbocycles. The third-order valence-corrected chi connectivity index (χ3v) is 3.89. The van der Waals surface area contributed by atoms with E-state index in [4.69, 9.17) is 0 Å². The van der Waals surface area contributed by atoms with Crippen molar-refractivity contribution < 1.29 is 0 Å². The molecule has 2 unspecified atom stereocenters. The van der Waals surface area contributed by atoms with Gasteiger partial charge in [0.05, 0.1) is 0 Å². The van der Waals surface area contributed by atoms with E-state index < -0.39 is 0 Å². The molecule has 2 nitrogen and oxygen atoms in total. The molecule has 1 N–H and O–H groups in total. The van der Waals surface area contributed by atoms with Gasteiger partial charge in [-0.25, -0.2) is 0 Å². The van der Waals surface area contributed by atoms with E-state index >= 15 is 0 Å². The SMILES string of the molecule is CCNC1CCCC1Cc1ccc(CC)cn1.